The standard InChI is InChI=1S/C22H16ClI2NO3S/c1-14-6-12-17(13-7-14)30(28,29)26-19-5-3-2-4-18(19)22(20(24)25,21(26)27)15-8-10-16(23)11-9-15/h2-13,20H,1H3. The van der Waals surface area contributed by atoms with Gasteiger partial charge in [-0.15, -0.1) is 0 Å². The van der Waals surface area contributed by atoms with Crippen molar-refractivity contribution in [3.8, 4) is 0 Å². The van der Waals surface area contributed by atoms with Crippen LogP contribution in [0.5, 0.6) is 0 Å². The van der Waals surface area contributed by atoms with Gasteiger partial charge >= 0.3 is 0 Å². The van der Waals surface area contributed by atoms with Crippen LogP contribution in [0.15, 0.2) is 77.7 Å². The number of aryl methyl sites for hydroxylation is 1. The van der Waals surface area contributed by atoms with Gasteiger partial charge < -0.3 is 0 Å². The number of amides is 1. The molecule has 4 nitrogen and oxygen atoms in total. The number of hydrogen-bond acceptors (Lipinski definition) is 3. The Morgan fingerprint density at radius 3 is 2.13 bits per heavy atom. The molecule has 0 spiro atoms. The van der Waals surface area contributed by atoms with E-state index in [1.807, 2.05) is 19.1 Å². The van der Waals surface area contributed by atoms with Gasteiger partial charge in [-0.3, -0.25) is 4.79 Å². The molecule has 30 heavy (non-hydrogen) atoms. The van der Waals surface area contributed by atoms with Gasteiger partial charge in [0.2, 0.25) is 0 Å². The number of anilines is 1. The van der Waals surface area contributed by atoms with E-state index in [9.17, 15) is 13.2 Å². The third-order valence-corrected chi connectivity index (χ3v) is 9.09. The Balaban J connectivity index is 1.99. The number of rotatable bonds is 4. The summed E-state index contributed by atoms with van der Waals surface area (Å²) in [5.41, 5.74) is 1.55. The van der Waals surface area contributed by atoms with Gasteiger partial charge in [-0.2, -0.15) is 0 Å². The maximum Gasteiger partial charge on any atom is 0.270 e. The van der Waals surface area contributed by atoms with Gasteiger partial charge in [-0.05, 0) is 48.4 Å². The van der Waals surface area contributed by atoms with Crippen molar-refractivity contribution in [2.24, 2.45) is 0 Å². The highest BCUT2D eigenvalue weighted by Gasteiger charge is 2.58. The summed E-state index contributed by atoms with van der Waals surface area (Å²) in [6.45, 7) is 1.88. The van der Waals surface area contributed by atoms with Crippen molar-refractivity contribution >= 4 is 78.4 Å². The van der Waals surface area contributed by atoms with Crippen LogP contribution in [0.2, 0.25) is 5.02 Å². The zero-order valence-corrected chi connectivity index (χ0v) is 21.6. The number of carbonyl (C=O) groups excluding carboxylic acids is 1. The van der Waals surface area contributed by atoms with E-state index in [1.54, 1.807) is 48.5 Å². The summed E-state index contributed by atoms with van der Waals surface area (Å²) in [4.78, 5) is 14.1. The van der Waals surface area contributed by atoms with Crippen LogP contribution in [0.4, 0.5) is 5.69 Å². The smallest absolute Gasteiger partial charge is 0.270 e. The Kier molecular flexibility index (Phi) is 5.93. The molecule has 1 amide bonds. The van der Waals surface area contributed by atoms with E-state index in [0.29, 0.717) is 21.8 Å². The van der Waals surface area contributed by atoms with Crippen LogP contribution in [0.1, 0.15) is 16.7 Å². The first-order chi connectivity index (χ1) is 14.2. The third kappa shape index (κ3) is 3.28. The lowest BCUT2D eigenvalue weighted by Crippen LogP contribution is -2.47. The number of alkyl halides is 2. The molecule has 1 heterocycles. The number of sulfonamides is 1. The average molecular weight is 664 g/mol. The SMILES string of the molecule is Cc1ccc(S(=O)(=O)N2C(=O)C(c3ccc(Cl)cc3)(C(I)I)c3ccccc32)cc1. The molecule has 3 aromatic carbocycles. The molecule has 0 radical (unpaired) electrons. The monoisotopic (exact) mass is 663 g/mol. The predicted molar refractivity (Wildman–Crippen MR) is 136 cm³/mol. The van der Waals surface area contributed by atoms with Gasteiger partial charge in [-0.25, -0.2) is 12.7 Å². The summed E-state index contributed by atoms with van der Waals surface area (Å²) in [5, 5.41) is 0.551. The van der Waals surface area contributed by atoms with Crippen molar-refractivity contribution in [1.29, 1.82) is 0 Å². The molecule has 154 valence electrons. The largest absolute Gasteiger partial charge is 0.272 e. The van der Waals surface area contributed by atoms with E-state index in [4.69, 9.17) is 11.6 Å². The van der Waals surface area contributed by atoms with Crippen LogP contribution in [-0.2, 0) is 20.2 Å². The highest BCUT2D eigenvalue weighted by molar-refractivity contribution is 14.2. The number of para-hydroxylation sites is 1. The topological polar surface area (TPSA) is 54.5 Å². The van der Waals surface area contributed by atoms with Crippen molar-refractivity contribution in [3.63, 3.8) is 0 Å². The van der Waals surface area contributed by atoms with Crippen molar-refractivity contribution < 1.29 is 13.2 Å². The van der Waals surface area contributed by atoms with E-state index in [2.05, 4.69) is 45.2 Å². The lowest BCUT2D eigenvalue weighted by Gasteiger charge is -2.31. The fourth-order valence-corrected chi connectivity index (χ4v) is 7.27. The van der Waals surface area contributed by atoms with Crippen LogP contribution in [0, 0.1) is 6.92 Å². The number of fused-ring (bicyclic) bond motifs is 1. The second-order valence-corrected chi connectivity index (χ2v) is 14.1. The Hall–Kier alpha value is -1.17. The Morgan fingerprint density at radius 1 is 0.933 bits per heavy atom. The average Bonchev–Trinajstić information content (AvgIpc) is 2.98. The van der Waals surface area contributed by atoms with Crippen molar-refractivity contribution in [3.05, 3.63) is 94.5 Å². The molecule has 1 aliphatic heterocycles. The molecule has 4 rings (SSSR count). The first kappa shape index (κ1) is 22.0. The number of halogens is 3. The maximum atomic E-state index is 14.0. The summed E-state index contributed by atoms with van der Waals surface area (Å²) in [5.74, 6) is -0.486. The zero-order valence-electron chi connectivity index (χ0n) is 15.7. The molecule has 0 saturated heterocycles. The van der Waals surface area contributed by atoms with Crippen molar-refractivity contribution in [2.45, 2.75) is 19.2 Å². The van der Waals surface area contributed by atoms with Gasteiger partial charge in [0.25, 0.3) is 15.9 Å². The first-order valence-corrected chi connectivity index (χ1v) is 13.3. The van der Waals surface area contributed by atoms with Crippen LogP contribution in [0.25, 0.3) is 0 Å². The summed E-state index contributed by atoms with van der Waals surface area (Å²) >= 11 is 10.5. The molecule has 1 unspecified atom stereocenters. The van der Waals surface area contributed by atoms with Crippen LogP contribution >= 0.6 is 56.8 Å². The molecule has 8 heteroatoms. The van der Waals surface area contributed by atoms with E-state index in [0.717, 1.165) is 9.87 Å². The van der Waals surface area contributed by atoms with Crippen molar-refractivity contribution in [2.75, 3.05) is 4.31 Å². The Labute approximate surface area is 208 Å². The number of hydrogen-bond donors (Lipinski definition) is 0. The first-order valence-electron chi connectivity index (χ1n) is 9.01. The number of nitrogens with zero attached hydrogens (tertiary/aromatic N) is 1. The van der Waals surface area contributed by atoms with E-state index >= 15 is 0 Å². The second-order valence-electron chi connectivity index (χ2n) is 7.02. The molecular formula is C22H16ClI2NO3S. The minimum Gasteiger partial charge on any atom is -0.272 e. The summed E-state index contributed by atoms with van der Waals surface area (Å²) in [6.07, 6.45) is 0. The summed E-state index contributed by atoms with van der Waals surface area (Å²) in [7, 11) is -4.09. The molecule has 0 N–H and O–H groups in total. The van der Waals surface area contributed by atoms with Crippen LogP contribution < -0.4 is 4.31 Å². The summed E-state index contributed by atoms with van der Waals surface area (Å²) < 4.78 is 27.9. The fourth-order valence-electron chi connectivity index (χ4n) is 3.75. The molecule has 0 aliphatic carbocycles. The van der Waals surface area contributed by atoms with E-state index in [1.165, 1.54) is 12.1 Å². The molecule has 3 aromatic rings. The van der Waals surface area contributed by atoms with Gasteiger partial charge in [0.05, 0.1) is 12.5 Å². The highest BCUT2D eigenvalue weighted by Crippen LogP contribution is 2.53. The molecule has 0 aromatic heterocycles. The quantitative estimate of drug-likeness (QED) is 0.260. The fraction of sp³-hybridized carbons (Fsp3) is 0.136. The highest BCUT2D eigenvalue weighted by atomic mass is 127. The minimum atomic E-state index is -4.09. The predicted octanol–water partition coefficient (Wildman–Crippen LogP) is 5.87. The lowest BCUT2D eigenvalue weighted by molar-refractivity contribution is -0.120. The maximum absolute atomic E-state index is 14.0. The van der Waals surface area contributed by atoms with E-state index in [-0.39, 0.29) is 6.83 Å². The molecule has 0 saturated carbocycles. The van der Waals surface area contributed by atoms with Gasteiger partial charge in [-0.1, -0.05) is 105 Å². The van der Waals surface area contributed by atoms with Crippen LogP contribution in [0.3, 0.4) is 0 Å². The zero-order chi connectivity index (χ0) is 21.7. The van der Waals surface area contributed by atoms with Gasteiger partial charge in [0.15, 0.2) is 0 Å². The summed E-state index contributed by atoms with van der Waals surface area (Å²) in [6, 6.07) is 20.7. The van der Waals surface area contributed by atoms with Gasteiger partial charge in [0.1, 0.15) is 5.41 Å². The molecule has 0 bridgehead atoms. The minimum absolute atomic E-state index is 0.0848. The Bertz CT molecular complexity index is 1230. The second kappa shape index (κ2) is 8.07. The third-order valence-electron chi connectivity index (χ3n) is 5.26. The van der Waals surface area contributed by atoms with E-state index < -0.39 is 21.3 Å². The normalized spacial score (nSPS) is 18.7. The Morgan fingerprint density at radius 2 is 1.53 bits per heavy atom. The van der Waals surface area contributed by atoms with Gasteiger partial charge in [0, 0.05) is 5.02 Å². The number of carbonyl (C=O) groups is 1. The lowest BCUT2D eigenvalue weighted by atomic mass is 9.77. The van der Waals surface area contributed by atoms with Crippen molar-refractivity contribution in [1.82, 2.24) is 0 Å². The molecule has 1 aliphatic rings. The molecule has 1 atom stereocenters. The molecular weight excluding hydrogens is 648 g/mol. The van der Waals surface area contributed by atoms with Crippen LogP contribution in [-0.4, -0.2) is 16.3 Å². The number of benzene rings is 3. The molecule has 0 fully saturated rings.